The molecule has 0 saturated heterocycles. The second kappa shape index (κ2) is 6.20. The Balaban J connectivity index is 1.76. The summed E-state index contributed by atoms with van der Waals surface area (Å²) < 4.78 is 0. The minimum atomic E-state index is 0.910. The van der Waals surface area contributed by atoms with Crippen molar-refractivity contribution in [2.24, 2.45) is 0 Å². The van der Waals surface area contributed by atoms with E-state index in [1.165, 1.54) is 27.1 Å². The Hall–Kier alpha value is -3.48. The van der Waals surface area contributed by atoms with Crippen LogP contribution in [0.1, 0.15) is 22.3 Å². The van der Waals surface area contributed by atoms with Gasteiger partial charge in [-0.3, -0.25) is 0 Å². The summed E-state index contributed by atoms with van der Waals surface area (Å²) in [5, 5.41) is 4.75. The van der Waals surface area contributed by atoms with Gasteiger partial charge in [0.05, 0.1) is 0 Å². The van der Waals surface area contributed by atoms with Gasteiger partial charge in [0.15, 0.2) is 0 Å². The molecule has 0 bridgehead atoms. The van der Waals surface area contributed by atoms with E-state index >= 15 is 0 Å². The van der Waals surface area contributed by atoms with Gasteiger partial charge in [0.1, 0.15) is 0 Å². The molecule has 4 aromatic rings. The summed E-state index contributed by atoms with van der Waals surface area (Å²) in [6.07, 6.45) is 5.50. The first-order valence-electron chi connectivity index (χ1n) is 8.24. The monoisotopic (exact) mass is 316 g/mol. The van der Waals surface area contributed by atoms with Gasteiger partial charge in [0, 0.05) is 16.7 Å². The molecule has 0 spiro atoms. The molecule has 4 aromatic carbocycles. The number of hydrogen-bond donors (Lipinski definition) is 0. The smallest absolute Gasteiger partial charge is 0.0255 e. The molecule has 0 unspecified atom stereocenters. The van der Waals surface area contributed by atoms with Crippen molar-refractivity contribution in [1.29, 1.82) is 0 Å². The molecule has 0 atom stereocenters. The molecule has 0 aliphatic heterocycles. The van der Waals surface area contributed by atoms with Crippen LogP contribution in [-0.4, -0.2) is 0 Å². The van der Waals surface area contributed by atoms with Crippen LogP contribution < -0.4 is 0 Å². The number of rotatable bonds is 0. The van der Waals surface area contributed by atoms with Gasteiger partial charge in [-0.1, -0.05) is 47.6 Å². The number of hydrogen-bond acceptors (Lipinski definition) is 0. The van der Waals surface area contributed by atoms with Gasteiger partial charge in [-0.2, -0.15) is 0 Å². The molecular weight excluding hydrogens is 300 g/mol. The highest BCUT2D eigenvalue weighted by Gasteiger charge is 2.00. The van der Waals surface area contributed by atoms with Crippen LogP contribution in [0, 0.1) is 31.1 Å². The van der Waals surface area contributed by atoms with E-state index in [1.807, 2.05) is 6.07 Å². The molecule has 0 fully saturated rings. The second-order valence-corrected chi connectivity index (χ2v) is 6.24. The summed E-state index contributed by atoms with van der Waals surface area (Å²) in [5.74, 6) is 9.19. The van der Waals surface area contributed by atoms with Crippen molar-refractivity contribution in [1.82, 2.24) is 0 Å². The van der Waals surface area contributed by atoms with Crippen molar-refractivity contribution in [2.75, 3.05) is 0 Å². The topological polar surface area (TPSA) is 0 Å². The molecule has 0 amide bonds. The van der Waals surface area contributed by atoms with Crippen LogP contribution in [0.5, 0.6) is 0 Å². The third kappa shape index (κ3) is 3.12. The summed E-state index contributed by atoms with van der Waals surface area (Å²) in [6, 6.07) is 25.1. The van der Waals surface area contributed by atoms with Crippen LogP contribution in [0.25, 0.3) is 21.5 Å². The lowest BCUT2D eigenvalue weighted by molar-refractivity contribution is 1.46. The Morgan fingerprint density at radius 1 is 0.560 bits per heavy atom. The molecule has 0 radical (unpaired) electrons. The Kier molecular flexibility index (Phi) is 3.74. The summed E-state index contributed by atoms with van der Waals surface area (Å²) in [5.41, 5.74) is 4.21. The predicted octanol–water partition coefficient (Wildman–Crippen LogP) is 5.68. The first-order valence-corrected chi connectivity index (χ1v) is 8.24. The van der Waals surface area contributed by atoms with E-state index in [9.17, 15) is 0 Å². The van der Waals surface area contributed by atoms with Crippen molar-refractivity contribution in [2.45, 2.75) is 6.92 Å². The van der Waals surface area contributed by atoms with Gasteiger partial charge in [0.2, 0.25) is 0 Å². The molecular formula is C25H16. The third-order valence-electron chi connectivity index (χ3n) is 4.36. The van der Waals surface area contributed by atoms with Gasteiger partial charge in [-0.05, 0) is 77.0 Å². The zero-order chi connectivity index (χ0) is 17.2. The van der Waals surface area contributed by atoms with Crippen molar-refractivity contribution in [3.05, 3.63) is 95.1 Å². The van der Waals surface area contributed by atoms with Crippen LogP contribution in [0.3, 0.4) is 0 Å². The molecule has 0 N–H and O–H groups in total. The Morgan fingerprint density at radius 2 is 1.08 bits per heavy atom. The van der Waals surface area contributed by atoms with Crippen molar-refractivity contribution >= 4 is 21.5 Å². The van der Waals surface area contributed by atoms with Gasteiger partial charge >= 0.3 is 0 Å². The van der Waals surface area contributed by atoms with Gasteiger partial charge < -0.3 is 0 Å². The zero-order valence-electron chi connectivity index (χ0n) is 14.0. The second-order valence-electron chi connectivity index (χ2n) is 6.24. The highest BCUT2D eigenvalue weighted by Crippen LogP contribution is 2.24. The molecule has 0 aliphatic rings. The number of fused-ring (bicyclic) bond motifs is 2. The van der Waals surface area contributed by atoms with Crippen LogP contribution in [-0.2, 0) is 0 Å². The van der Waals surface area contributed by atoms with Crippen LogP contribution in [0.4, 0.5) is 0 Å². The molecule has 4 rings (SSSR count). The van der Waals surface area contributed by atoms with Crippen molar-refractivity contribution < 1.29 is 0 Å². The summed E-state index contributed by atoms with van der Waals surface area (Å²) >= 11 is 0. The molecule has 0 aliphatic carbocycles. The maximum atomic E-state index is 5.50. The van der Waals surface area contributed by atoms with Crippen molar-refractivity contribution in [3.8, 4) is 24.2 Å². The predicted molar refractivity (Wildman–Crippen MR) is 107 cm³/mol. The summed E-state index contributed by atoms with van der Waals surface area (Å²) in [6.45, 7) is 2.08. The van der Waals surface area contributed by atoms with Gasteiger partial charge in [0.25, 0.3) is 0 Å². The van der Waals surface area contributed by atoms with Crippen molar-refractivity contribution in [3.63, 3.8) is 0 Å². The van der Waals surface area contributed by atoms with E-state index in [0.717, 1.165) is 16.7 Å². The van der Waals surface area contributed by atoms with Crippen LogP contribution in [0.2, 0.25) is 0 Å². The first kappa shape index (κ1) is 15.1. The molecule has 0 saturated carbocycles. The molecule has 25 heavy (non-hydrogen) atoms. The molecule has 116 valence electrons. The van der Waals surface area contributed by atoms with E-state index in [1.54, 1.807) is 0 Å². The minimum absolute atomic E-state index is 0.910. The molecule has 0 aromatic heterocycles. The van der Waals surface area contributed by atoms with E-state index in [2.05, 4.69) is 91.4 Å². The Labute approximate surface area is 148 Å². The summed E-state index contributed by atoms with van der Waals surface area (Å²) in [7, 11) is 0. The minimum Gasteiger partial charge on any atom is -0.115 e. The Morgan fingerprint density at radius 3 is 1.72 bits per heavy atom. The maximum absolute atomic E-state index is 5.50. The average Bonchev–Trinajstić information content (AvgIpc) is 2.65. The SMILES string of the molecule is C#Cc1ccc2cc3cc(C#Cc4ccc(C)cc4)ccc3cc2c1. The zero-order valence-corrected chi connectivity index (χ0v) is 14.0. The fourth-order valence-electron chi connectivity index (χ4n) is 2.95. The fraction of sp³-hybridized carbons (Fsp3) is 0.0400. The van der Waals surface area contributed by atoms with E-state index in [4.69, 9.17) is 6.42 Å². The molecule has 0 nitrogen and oxygen atoms in total. The quantitative estimate of drug-likeness (QED) is 0.289. The largest absolute Gasteiger partial charge is 0.115 e. The van der Waals surface area contributed by atoms with Crippen LogP contribution in [0.15, 0.2) is 72.8 Å². The molecule has 0 heterocycles. The van der Waals surface area contributed by atoms with Crippen LogP contribution >= 0.6 is 0 Å². The lowest BCUT2D eigenvalue weighted by atomic mass is 10.0. The van der Waals surface area contributed by atoms with E-state index in [0.29, 0.717) is 0 Å². The fourth-order valence-corrected chi connectivity index (χ4v) is 2.95. The first-order chi connectivity index (χ1) is 12.2. The standard InChI is InChI=1S/C25H16/c1-3-19-10-12-22-17-25-15-21(11-13-23(25)16-24(22)14-19)9-8-20-6-4-18(2)5-7-20/h1,4-7,10-17H,2H3. The van der Waals surface area contributed by atoms with Gasteiger partial charge in [-0.15, -0.1) is 6.42 Å². The highest BCUT2D eigenvalue weighted by atomic mass is 14.0. The highest BCUT2D eigenvalue weighted by molar-refractivity contribution is 5.99. The lowest BCUT2D eigenvalue weighted by Gasteiger charge is -2.04. The number of aryl methyl sites for hydroxylation is 1. The normalized spacial score (nSPS) is 10.2. The summed E-state index contributed by atoms with van der Waals surface area (Å²) in [4.78, 5) is 0. The van der Waals surface area contributed by atoms with E-state index in [-0.39, 0.29) is 0 Å². The van der Waals surface area contributed by atoms with Gasteiger partial charge in [-0.25, -0.2) is 0 Å². The number of benzene rings is 4. The third-order valence-corrected chi connectivity index (χ3v) is 4.36. The maximum Gasteiger partial charge on any atom is 0.0255 e. The number of terminal acetylenes is 1. The van der Waals surface area contributed by atoms with E-state index < -0.39 is 0 Å². The Bertz CT molecular complexity index is 1190. The average molecular weight is 316 g/mol. The lowest BCUT2D eigenvalue weighted by Crippen LogP contribution is -1.81. The molecule has 0 heteroatoms.